The average molecular weight is 374 g/mol. The third kappa shape index (κ3) is 2.50. The highest BCUT2D eigenvalue weighted by Gasteiger charge is 2.48. The molecular weight excluding hydrogens is 352 g/mol. The van der Waals surface area contributed by atoms with Crippen molar-refractivity contribution in [2.75, 3.05) is 23.3 Å². The summed E-state index contributed by atoms with van der Waals surface area (Å²) < 4.78 is 1.87. The predicted molar refractivity (Wildman–Crippen MR) is 106 cm³/mol. The van der Waals surface area contributed by atoms with Crippen LogP contribution < -0.4 is 10.2 Å². The molecule has 1 atom stereocenters. The minimum atomic E-state index is -0.434. The van der Waals surface area contributed by atoms with Crippen LogP contribution in [-0.4, -0.2) is 39.2 Å². The fourth-order valence-electron chi connectivity index (χ4n) is 4.48. The summed E-state index contributed by atoms with van der Waals surface area (Å²) in [6, 6.07) is 18.3. The second-order valence-electron chi connectivity index (χ2n) is 7.58. The van der Waals surface area contributed by atoms with Gasteiger partial charge in [-0.05, 0) is 47.4 Å². The minimum Gasteiger partial charge on any atom is -0.340 e. The molecule has 0 radical (unpaired) electrons. The van der Waals surface area contributed by atoms with Crippen molar-refractivity contribution in [3.05, 3.63) is 65.7 Å². The number of carbonyl (C=O) groups is 1. The fourth-order valence-corrected chi connectivity index (χ4v) is 4.48. The van der Waals surface area contributed by atoms with E-state index in [1.54, 1.807) is 0 Å². The van der Waals surface area contributed by atoms with Gasteiger partial charge in [-0.1, -0.05) is 53.6 Å². The molecule has 28 heavy (non-hydrogen) atoms. The van der Waals surface area contributed by atoms with Crippen LogP contribution in [0.3, 0.4) is 0 Å². The smallest absolute Gasteiger partial charge is 0.246 e. The van der Waals surface area contributed by atoms with E-state index in [1.807, 2.05) is 41.1 Å². The summed E-state index contributed by atoms with van der Waals surface area (Å²) in [6.07, 6.45) is 1.50. The zero-order valence-electron chi connectivity index (χ0n) is 15.7. The van der Waals surface area contributed by atoms with Crippen molar-refractivity contribution >= 4 is 17.5 Å². The largest absolute Gasteiger partial charge is 0.340 e. The summed E-state index contributed by atoms with van der Waals surface area (Å²) in [7, 11) is 0. The number of rotatable bonds is 3. The van der Waals surface area contributed by atoms with Crippen LogP contribution in [0.5, 0.6) is 0 Å². The van der Waals surface area contributed by atoms with Crippen molar-refractivity contribution in [3.8, 4) is 0 Å². The number of hydrogen-bond acceptors (Lipinski definition) is 5. The second-order valence-corrected chi connectivity index (χ2v) is 7.58. The van der Waals surface area contributed by atoms with Gasteiger partial charge in [0.05, 0.1) is 11.5 Å². The molecule has 1 fully saturated rings. The number of para-hydroxylation sites is 1. The first-order chi connectivity index (χ1) is 13.7. The molecule has 0 bridgehead atoms. The normalized spacial score (nSPS) is 18.8. The molecule has 1 saturated heterocycles. The SMILES string of the molecule is CC(c1ccccc1)n1nnnc1N1CCC2(CC1)C(=O)Nc1ccccc12. The molecule has 7 heteroatoms. The van der Waals surface area contributed by atoms with Crippen LogP contribution in [0.2, 0.25) is 0 Å². The topological polar surface area (TPSA) is 75.9 Å². The zero-order valence-corrected chi connectivity index (χ0v) is 15.7. The Kier molecular flexibility index (Phi) is 3.89. The Hall–Kier alpha value is -3.22. The summed E-state index contributed by atoms with van der Waals surface area (Å²) in [5, 5.41) is 15.5. The first kappa shape index (κ1) is 16.9. The number of amides is 1. The number of benzene rings is 2. The van der Waals surface area contributed by atoms with Gasteiger partial charge < -0.3 is 10.2 Å². The predicted octanol–water partition coefficient (Wildman–Crippen LogP) is 2.77. The van der Waals surface area contributed by atoms with E-state index in [0.29, 0.717) is 0 Å². The van der Waals surface area contributed by atoms with E-state index in [0.717, 1.165) is 48.7 Å². The number of hydrogen-bond donors (Lipinski definition) is 1. The van der Waals surface area contributed by atoms with Crippen LogP contribution in [0.15, 0.2) is 54.6 Å². The molecule has 142 valence electrons. The summed E-state index contributed by atoms with van der Waals surface area (Å²) >= 11 is 0. The van der Waals surface area contributed by atoms with Crippen LogP contribution in [0.1, 0.15) is 36.9 Å². The van der Waals surface area contributed by atoms with Gasteiger partial charge in [0.1, 0.15) is 0 Å². The maximum Gasteiger partial charge on any atom is 0.246 e. The number of tetrazole rings is 1. The van der Waals surface area contributed by atoms with Crippen molar-refractivity contribution in [2.24, 2.45) is 0 Å². The Morgan fingerprint density at radius 1 is 1.04 bits per heavy atom. The first-order valence-electron chi connectivity index (χ1n) is 9.68. The molecule has 1 N–H and O–H groups in total. The maximum atomic E-state index is 12.8. The number of fused-ring (bicyclic) bond motifs is 2. The van der Waals surface area contributed by atoms with Gasteiger partial charge in [-0.15, -0.1) is 0 Å². The monoisotopic (exact) mass is 374 g/mol. The van der Waals surface area contributed by atoms with Crippen LogP contribution in [0.25, 0.3) is 0 Å². The van der Waals surface area contributed by atoms with Gasteiger partial charge in [-0.25, -0.2) is 4.68 Å². The van der Waals surface area contributed by atoms with E-state index >= 15 is 0 Å². The van der Waals surface area contributed by atoms with Gasteiger partial charge in [0.2, 0.25) is 11.9 Å². The molecular formula is C21H22N6O. The molecule has 0 saturated carbocycles. The summed E-state index contributed by atoms with van der Waals surface area (Å²) in [4.78, 5) is 15.0. The summed E-state index contributed by atoms with van der Waals surface area (Å²) in [5.41, 5.74) is 2.80. The first-order valence-corrected chi connectivity index (χ1v) is 9.68. The lowest BCUT2D eigenvalue weighted by molar-refractivity contribution is -0.121. The van der Waals surface area contributed by atoms with Gasteiger partial charge in [-0.3, -0.25) is 4.79 Å². The molecule has 2 aromatic carbocycles. The number of nitrogens with zero attached hydrogens (tertiary/aromatic N) is 5. The molecule has 0 aliphatic carbocycles. The highest BCUT2D eigenvalue weighted by molar-refractivity contribution is 6.06. The van der Waals surface area contributed by atoms with E-state index in [4.69, 9.17) is 0 Å². The minimum absolute atomic E-state index is 0.0394. The van der Waals surface area contributed by atoms with Crippen molar-refractivity contribution in [1.82, 2.24) is 20.2 Å². The standard InChI is InChI=1S/C21H22N6O/c1-15(16-7-3-2-4-8-16)27-20(23-24-25-27)26-13-11-21(12-14-26)17-9-5-6-10-18(17)22-19(21)28/h2-10,15H,11-14H2,1H3,(H,22,28). The van der Waals surface area contributed by atoms with E-state index in [1.165, 1.54) is 0 Å². The molecule has 3 heterocycles. The third-order valence-corrected chi connectivity index (χ3v) is 6.15. The summed E-state index contributed by atoms with van der Waals surface area (Å²) in [6.45, 7) is 3.58. The quantitative estimate of drug-likeness (QED) is 0.763. The van der Waals surface area contributed by atoms with Crippen LogP contribution in [0, 0.1) is 0 Å². The second kappa shape index (κ2) is 6.44. The Labute approximate surface area is 163 Å². The molecule has 3 aromatic rings. The lowest BCUT2D eigenvalue weighted by Gasteiger charge is -2.38. The maximum absolute atomic E-state index is 12.8. The van der Waals surface area contributed by atoms with E-state index in [-0.39, 0.29) is 11.9 Å². The van der Waals surface area contributed by atoms with Gasteiger partial charge in [0.25, 0.3) is 0 Å². The molecule has 1 amide bonds. The molecule has 2 aliphatic rings. The number of piperidine rings is 1. The van der Waals surface area contributed by atoms with Crippen LogP contribution >= 0.6 is 0 Å². The summed E-state index contributed by atoms with van der Waals surface area (Å²) in [5.74, 6) is 0.878. The van der Waals surface area contributed by atoms with Crippen molar-refractivity contribution < 1.29 is 4.79 Å². The Morgan fingerprint density at radius 3 is 2.54 bits per heavy atom. The van der Waals surface area contributed by atoms with Crippen LogP contribution in [0.4, 0.5) is 11.6 Å². The third-order valence-electron chi connectivity index (χ3n) is 6.15. The highest BCUT2D eigenvalue weighted by Crippen LogP contribution is 2.45. The number of anilines is 2. The van der Waals surface area contributed by atoms with Crippen LogP contribution in [-0.2, 0) is 10.2 Å². The Balaban J connectivity index is 1.39. The average Bonchev–Trinajstić information content (AvgIpc) is 3.33. The lowest BCUT2D eigenvalue weighted by atomic mass is 9.74. The van der Waals surface area contributed by atoms with Crippen molar-refractivity contribution in [2.45, 2.75) is 31.2 Å². The van der Waals surface area contributed by atoms with Gasteiger partial charge in [-0.2, -0.15) is 0 Å². The molecule has 5 rings (SSSR count). The zero-order chi connectivity index (χ0) is 19.1. The van der Waals surface area contributed by atoms with E-state index in [9.17, 15) is 4.79 Å². The Bertz CT molecular complexity index is 1010. The highest BCUT2D eigenvalue weighted by atomic mass is 16.2. The lowest BCUT2D eigenvalue weighted by Crippen LogP contribution is -2.47. The molecule has 2 aliphatic heterocycles. The number of aromatic nitrogens is 4. The molecule has 1 unspecified atom stereocenters. The van der Waals surface area contributed by atoms with Gasteiger partial charge in [0.15, 0.2) is 0 Å². The van der Waals surface area contributed by atoms with Crippen molar-refractivity contribution in [1.29, 1.82) is 0 Å². The van der Waals surface area contributed by atoms with E-state index < -0.39 is 5.41 Å². The van der Waals surface area contributed by atoms with Gasteiger partial charge in [0, 0.05) is 18.8 Å². The molecule has 1 aromatic heterocycles. The molecule has 1 spiro atoms. The van der Waals surface area contributed by atoms with E-state index in [2.05, 4.69) is 50.9 Å². The number of carbonyl (C=O) groups excluding carboxylic acids is 1. The van der Waals surface area contributed by atoms with Gasteiger partial charge >= 0.3 is 0 Å². The van der Waals surface area contributed by atoms with Crippen molar-refractivity contribution in [3.63, 3.8) is 0 Å². The fraction of sp³-hybridized carbons (Fsp3) is 0.333. The Morgan fingerprint density at radius 2 is 1.75 bits per heavy atom. The molecule has 7 nitrogen and oxygen atoms in total. The number of nitrogens with one attached hydrogen (secondary N) is 1.